The maximum Gasteiger partial charge on any atom is 0.159 e. The van der Waals surface area contributed by atoms with E-state index in [2.05, 4.69) is 6.58 Å². The predicted molar refractivity (Wildman–Crippen MR) is 61.5 cm³/mol. The van der Waals surface area contributed by atoms with Gasteiger partial charge in [0.05, 0.1) is 6.61 Å². The van der Waals surface area contributed by atoms with Crippen molar-refractivity contribution in [3.63, 3.8) is 0 Å². The van der Waals surface area contributed by atoms with Crippen LogP contribution in [0.2, 0.25) is 0 Å². The Bertz CT molecular complexity index is 367. The second-order valence-electron chi connectivity index (χ2n) is 3.46. The Balaban J connectivity index is 2.74. The van der Waals surface area contributed by atoms with Crippen molar-refractivity contribution in [3.8, 4) is 5.75 Å². The maximum atomic E-state index is 11.1. The predicted octanol–water partition coefficient (Wildman–Crippen LogP) is 3.15. The summed E-state index contributed by atoms with van der Waals surface area (Å²) in [6, 6.07) is 5.49. The average Bonchev–Trinajstić information content (AvgIpc) is 2.20. The molecule has 15 heavy (non-hydrogen) atoms. The largest absolute Gasteiger partial charge is 0.493 e. The van der Waals surface area contributed by atoms with Crippen molar-refractivity contribution in [2.24, 2.45) is 0 Å². The van der Waals surface area contributed by atoms with Crippen molar-refractivity contribution in [1.82, 2.24) is 0 Å². The number of Topliss-reactive ketones (excluding diaryl/α,β-unsaturated/α-hetero) is 1. The fourth-order valence-electron chi connectivity index (χ4n) is 1.28. The van der Waals surface area contributed by atoms with Gasteiger partial charge < -0.3 is 4.74 Å². The Hall–Kier alpha value is -1.57. The number of aryl methyl sites for hydroxylation is 1. The molecule has 80 valence electrons. The summed E-state index contributed by atoms with van der Waals surface area (Å²) >= 11 is 0. The highest BCUT2D eigenvalue weighted by atomic mass is 16.5. The van der Waals surface area contributed by atoms with Crippen LogP contribution in [-0.2, 0) is 0 Å². The molecule has 0 fully saturated rings. The molecule has 0 aliphatic heterocycles. The molecule has 0 aromatic heterocycles. The number of hydrogen-bond donors (Lipinski definition) is 0. The second kappa shape index (κ2) is 5.35. The van der Waals surface area contributed by atoms with Crippen molar-refractivity contribution in [3.05, 3.63) is 42.0 Å². The van der Waals surface area contributed by atoms with Gasteiger partial charge in [-0.3, -0.25) is 4.79 Å². The molecule has 0 saturated carbocycles. The summed E-state index contributed by atoms with van der Waals surface area (Å²) in [6.45, 7) is 7.76. The molecule has 0 aliphatic carbocycles. The van der Waals surface area contributed by atoms with Crippen molar-refractivity contribution >= 4 is 5.78 Å². The number of ketones is 1. The van der Waals surface area contributed by atoms with Crippen LogP contribution in [0.5, 0.6) is 5.75 Å². The molecule has 0 bridgehead atoms. The van der Waals surface area contributed by atoms with E-state index in [0.29, 0.717) is 6.61 Å². The van der Waals surface area contributed by atoms with Gasteiger partial charge in [0.15, 0.2) is 5.78 Å². The number of carbonyl (C=O) groups is 1. The number of ether oxygens (including phenoxy) is 1. The summed E-state index contributed by atoms with van der Waals surface area (Å²) in [6.07, 6.45) is 2.65. The van der Waals surface area contributed by atoms with Crippen LogP contribution in [0, 0.1) is 6.92 Å². The molecule has 0 heterocycles. The molecule has 0 amide bonds. The van der Waals surface area contributed by atoms with Crippen LogP contribution in [0.15, 0.2) is 30.9 Å². The van der Waals surface area contributed by atoms with E-state index in [9.17, 15) is 4.79 Å². The highest BCUT2D eigenvalue weighted by Gasteiger charge is 2.03. The summed E-state index contributed by atoms with van der Waals surface area (Å²) in [5.74, 6) is 0.914. The molecule has 0 atom stereocenters. The minimum atomic E-state index is 0.0794. The van der Waals surface area contributed by atoms with Gasteiger partial charge in [0.2, 0.25) is 0 Å². The molecule has 1 rings (SSSR count). The van der Waals surface area contributed by atoms with Crippen molar-refractivity contribution in [1.29, 1.82) is 0 Å². The van der Waals surface area contributed by atoms with E-state index < -0.39 is 0 Å². The van der Waals surface area contributed by atoms with Crippen LogP contribution in [0.25, 0.3) is 0 Å². The highest BCUT2D eigenvalue weighted by molar-refractivity contribution is 5.94. The summed E-state index contributed by atoms with van der Waals surface area (Å²) in [7, 11) is 0. The second-order valence-corrected chi connectivity index (χ2v) is 3.46. The van der Waals surface area contributed by atoms with Crippen LogP contribution < -0.4 is 4.74 Å². The normalized spacial score (nSPS) is 9.73. The van der Waals surface area contributed by atoms with Gasteiger partial charge in [0.25, 0.3) is 0 Å². The molecule has 0 unspecified atom stereocenters. The van der Waals surface area contributed by atoms with E-state index in [-0.39, 0.29) is 5.78 Å². The van der Waals surface area contributed by atoms with Gasteiger partial charge in [-0.25, -0.2) is 0 Å². The first kappa shape index (κ1) is 11.5. The minimum absolute atomic E-state index is 0.0794. The third-order valence-corrected chi connectivity index (χ3v) is 2.16. The van der Waals surface area contributed by atoms with Crippen LogP contribution in [0.3, 0.4) is 0 Å². The summed E-state index contributed by atoms with van der Waals surface area (Å²) < 4.78 is 5.53. The van der Waals surface area contributed by atoms with E-state index in [1.54, 1.807) is 13.0 Å². The Labute approximate surface area is 90.6 Å². The molecule has 2 nitrogen and oxygen atoms in total. The lowest BCUT2D eigenvalue weighted by atomic mass is 10.1. The Morgan fingerprint density at radius 1 is 1.53 bits per heavy atom. The third-order valence-electron chi connectivity index (χ3n) is 2.16. The zero-order valence-corrected chi connectivity index (χ0v) is 9.25. The van der Waals surface area contributed by atoms with Crippen LogP contribution in [0.4, 0.5) is 0 Å². The van der Waals surface area contributed by atoms with Crippen molar-refractivity contribution < 1.29 is 9.53 Å². The first-order valence-electron chi connectivity index (χ1n) is 5.00. The molecule has 0 aliphatic rings. The van der Waals surface area contributed by atoms with Gasteiger partial charge >= 0.3 is 0 Å². The summed E-state index contributed by atoms with van der Waals surface area (Å²) in [5.41, 5.74) is 1.72. The fraction of sp³-hybridized carbons (Fsp3) is 0.308. The van der Waals surface area contributed by atoms with E-state index in [4.69, 9.17) is 4.74 Å². The molecular formula is C13H16O2. The van der Waals surface area contributed by atoms with Gasteiger partial charge in [0, 0.05) is 5.56 Å². The Kier molecular flexibility index (Phi) is 4.10. The monoisotopic (exact) mass is 204 g/mol. The summed E-state index contributed by atoms with van der Waals surface area (Å²) in [4.78, 5) is 11.1. The van der Waals surface area contributed by atoms with Crippen LogP contribution in [0.1, 0.15) is 29.3 Å². The number of benzene rings is 1. The molecule has 0 spiro atoms. The fourth-order valence-corrected chi connectivity index (χ4v) is 1.28. The Morgan fingerprint density at radius 3 is 2.80 bits per heavy atom. The number of carbonyl (C=O) groups excluding carboxylic acids is 1. The summed E-state index contributed by atoms with van der Waals surface area (Å²) in [5, 5.41) is 0. The molecule has 1 aromatic carbocycles. The van der Waals surface area contributed by atoms with E-state index in [0.717, 1.165) is 23.3 Å². The zero-order chi connectivity index (χ0) is 11.3. The number of hydrogen-bond acceptors (Lipinski definition) is 2. The lowest BCUT2D eigenvalue weighted by Crippen LogP contribution is -1.99. The quantitative estimate of drug-likeness (QED) is 0.418. The molecular weight excluding hydrogens is 188 g/mol. The SMILES string of the molecule is C=CCCOc1ccc(C(C)=O)cc1C. The minimum Gasteiger partial charge on any atom is -0.493 e. The lowest BCUT2D eigenvalue weighted by Gasteiger charge is -2.08. The molecule has 0 saturated heterocycles. The number of rotatable bonds is 5. The van der Waals surface area contributed by atoms with Gasteiger partial charge in [-0.05, 0) is 44.0 Å². The maximum absolute atomic E-state index is 11.1. The Morgan fingerprint density at radius 2 is 2.27 bits per heavy atom. The van der Waals surface area contributed by atoms with Gasteiger partial charge in [-0.15, -0.1) is 6.58 Å². The third kappa shape index (κ3) is 3.24. The van der Waals surface area contributed by atoms with Gasteiger partial charge in [0.1, 0.15) is 5.75 Å². The molecule has 2 heteroatoms. The highest BCUT2D eigenvalue weighted by Crippen LogP contribution is 2.19. The zero-order valence-electron chi connectivity index (χ0n) is 9.25. The van der Waals surface area contributed by atoms with Gasteiger partial charge in [-0.1, -0.05) is 6.08 Å². The lowest BCUT2D eigenvalue weighted by molar-refractivity contribution is 0.101. The first-order chi connectivity index (χ1) is 7.15. The van der Waals surface area contributed by atoms with Crippen LogP contribution >= 0.6 is 0 Å². The van der Waals surface area contributed by atoms with E-state index in [1.165, 1.54) is 0 Å². The van der Waals surface area contributed by atoms with Gasteiger partial charge in [-0.2, -0.15) is 0 Å². The van der Waals surface area contributed by atoms with Crippen LogP contribution in [-0.4, -0.2) is 12.4 Å². The molecule has 0 radical (unpaired) electrons. The first-order valence-corrected chi connectivity index (χ1v) is 5.00. The van der Waals surface area contributed by atoms with E-state index in [1.807, 2.05) is 25.1 Å². The molecule has 0 N–H and O–H groups in total. The topological polar surface area (TPSA) is 26.3 Å². The molecule has 1 aromatic rings. The smallest absolute Gasteiger partial charge is 0.159 e. The standard InChI is InChI=1S/C13H16O2/c1-4-5-8-15-13-7-6-12(11(3)14)9-10(13)2/h4,6-7,9H,1,5,8H2,2-3H3. The van der Waals surface area contributed by atoms with Crippen molar-refractivity contribution in [2.75, 3.05) is 6.61 Å². The van der Waals surface area contributed by atoms with Crippen molar-refractivity contribution in [2.45, 2.75) is 20.3 Å². The van der Waals surface area contributed by atoms with E-state index >= 15 is 0 Å². The average molecular weight is 204 g/mol.